The monoisotopic (exact) mass is 334 g/mol. The highest BCUT2D eigenvalue weighted by Gasteiger charge is 2.17. The molecule has 2 aromatic heterocycles. The molecule has 4 rings (SSSR count). The molecule has 6 nitrogen and oxygen atoms in total. The maximum atomic E-state index is 12.5. The van der Waals surface area contributed by atoms with E-state index in [2.05, 4.69) is 14.9 Å². The molecule has 1 aliphatic rings. The fraction of sp³-hybridized carbons (Fsp3) is 0.211. The average molecular weight is 334 g/mol. The van der Waals surface area contributed by atoms with Crippen molar-refractivity contribution in [3.05, 3.63) is 70.5 Å². The SMILES string of the molecule is O=C(Nc1ccccc1-c1cn2c(n1)CCCC2)c1ccc[nH]c1=O. The van der Waals surface area contributed by atoms with Crippen LogP contribution in [0.1, 0.15) is 29.0 Å². The molecule has 0 atom stereocenters. The highest BCUT2D eigenvalue weighted by molar-refractivity contribution is 6.05. The molecule has 0 unspecified atom stereocenters. The molecule has 2 N–H and O–H groups in total. The number of hydrogen-bond donors (Lipinski definition) is 2. The molecule has 0 fully saturated rings. The Morgan fingerprint density at radius 3 is 2.88 bits per heavy atom. The summed E-state index contributed by atoms with van der Waals surface area (Å²) in [6.07, 6.45) is 6.84. The largest absolute Gasteiger partial charge is 0.334 e. The molecular weight excluding hydrogens is 316 g/mol. The zero-order valence-electron chi connectivity index (χ0n) is 13.7. The lowest BCUT2D eigenvalue weighted by atomic mass is 10.1. The summed E-state index contributed by atoms with van der Waals surface area (Å²) in [4.78, 5) is 31.5. The van der Waals surface area contributed by atoms with E-state index in [9.17, 15) is 9.59 Å². The number of carbonyl (C=O) groups excluding carboxylic acids is 1. The number of pyridine rings is 1. The lowest BCUT2D eigenvalue weighted by Gasteiger charge is -2.11. The number of rotatable bonds is 3. The zero-order valence-corrected chi connectivity index (χ0v) is 13.7. The van der Waals surface area contributed by atoms with Crippen molar-refractivity contribution in [3.8, 4) is 11.3 Å². The Balaban J connectivity index is 1.68. The summed E-state index contributed by atoms with van der Waals surface area (Å²) in [7, 11) is 0. The molecule has 0 saturated carbocycles. The van der Waals surface area contributed by atoms with Gasteiger partial charge in [0, 0.05) is 30.9 Å². The Labute approximate surface area is 144 Å². The predicted molar refractivity (Wildman–Crippen MR) is 95.6 cm³/mol. The third kappa shape index (κ3) is 2.98. The number of hydrogen-bond acceptors (Lipinski definition) is 3. The molecule has 0 saturated heterocycles. The topological polar surface area (TPSA) is 79.8 Å². The van der Waals surface area contributed by atoms with Crippen molar-refractivity contribution in [1.29, 1.82) is 0 Å². The molecule has 0 aliphatic carbocycles. The number of carbonyl (C=O) groups is 1. The molecule has 6 heteroatoms. The number of para-hydroxylation sites is 1. The number of imidazole rings is 1. The van der Waals surface area contributed by atoms with Gasteiger partial charge in [-0.3, -0.25) is 9.59 Å². The molecule has 1 aromatic carbocycles. The molecule has 25 heavy (non-hydrogen) atoms. The summed E-state index contributed by atoms with van der Waals surface area (Å²) >= 11 is 0. The number of fused-ring (bicyclic) bond motifs is 1. The molecule has 1 amide bonds. The van der Waals surface area contributed by atoms with Crippen LogP contribution in [0.2, 0.25) is 0 Å². The first-order valence-corrected chi connectivity index (χ1v) is 8.37. The van der Waals surface area contributed by atoms with Gasteiger partial charge < -0.3 is 14.9 Å². The second-order valence-electron chi connectivity index (χ2n) is 6.11. The third-order valence-corrected chi connectivity index (χ3v) is 4.42. The second-order valence-corrected chi connectivity index (χ2v) is 6.11. The maximum absolute atomic E-state index is 12.5. The molecule has 0 bridgehead atoms. The maximum Gasteiger partial charge on any atom is 0.261 e. The molecule has 0 radical (unpaired) electrons. The minimum Gasteiger partial charge on any atom is -0.334 e. The number of amides is 1. The summed E-state index contributed by atoms with van der Waals surface area (Å²) in [5, 5.41) is 2.84. The minimum absolute atomic E-state index is 0.0847. The molecule has 3 heterocycles. The fourth-order valence-corrected chi connectivity index (χ4v) is 3.15. The lowest BCUT2D eigenvalue weighted by molar-refractivity contribution is 0.102. The van der Waals surface area contributed by atoms with Crippen molar-refractivity contribution in [2.45, 2.75) is 25.8 Å². The van der Waals surface area contributed by atoms with E-state index >= 15 is 0 Å². The standard InChI is InChI=1S/C19H18N4O2/c24-18-14(7-5-10-20-18)19(25)22-15-8-2-1-6-13(15)16-12-23-11-4-3-9-17(23)21-16/h1-2,5-8,10,12H,3-4,9,11H2,(H,20,24)(H,22,25). The number of anilines is 1. The number of aromatic nitrogens is 3. The number of benzene rings is 1. The molecule has 126 valence electrons. The van der Waals surface area contributed by atoms with Crippen LogP contribution in [0.15, 0.2) is 53.6 Å². The van der Waals surface area contributed by atoms with Crippen LogP contribution in [-0.4, -0.2) is 20.4 Å². The average Bonchev–Trinajstić information content (AvgIpc) is 3.06. The Morgan fingerprint density at radius 2 is 2.04 bits per heavy atom. The van der Waals surface area contributed by atoms with Crippen molar-refractivity contribution in [3.63, 3.8) is 0 Å². The Kier molecular flexibility index (Phi) is 3.93. The van der Waals surface area contributed by atoms with Crippen LogP contribution in [0.3, 0.4) is 0 Å². The minimum atomic E-state index is -0.432. The summed E-state index contributed by atoms with van der Waals surface area (Å²) in [5.74, 6) is 0.653. The van der Waals surface area contributed by atoms with Gasteiger partial charge in [0.1, 0.15) is 11.4 Å². The smallest absolute Gasteiger partial charge is 0.261 e. The van der Waals surface area contributed by atoms with Gasteiger partial charge in [0.15, 0.2) is 0 Å². The van der Waals surface area contributed by atoms with Crippen LogP contribution in [0.25, 0.3) is 11.3 Å². The van der Waals surface area contributed by atoms with Gasteiger partial charge >= 0.3 is 0 Å². The summed E-state index contributed by atoms with van der Waals surface area (Å²) in [6, 6.07) is 10.7. The fourth-order valence-electron chi connectivity index (χ4n) is 3.15. The molecule has 0 spiro atoms. The van der Waals surface area contributed by atoms with E-state index in [0.717, 1.165) is 42.9 Å². The van der Waals surface area contributed by atoms with Crippen LogP contribution >= 0.6 is 0 Å². The Morgan fingerprint density at radius 1 is 1.16 bits per heavy atom. The van der Waals surface area contributed by atoms with E-state index in [0.29, 0.717) is 5.69 Å². The van der Waals surface area contributed by atoms with E-state index in [1.807, 2.05) is 30.5 Å². The van der Waals surface area contributed by atoms with E-state index in [1.165, 1.54) is 12.3 Å². The van der Waals surface area contributed by atoms with Crippen molar-refractivity contribution < 1.29 is 4.79 Å². The van der Waals surface area contributed by atoms with Crippen LogP contribution in [0, 0.1) is 0 Å². The molecular formula is C19H18N4O2. The van der Waals surface area contributed by atoms with Crippen LogP contribution in [0.4, 0.5) is 5.69 Å². The van der Waals surface area contributed by atoms with Gasteiger partial charge in [-0.05, 0) is 31.0 Å². The number of nitrogens with zero attached hydrogens (tertiary/aromatic N) is 2. The second kappa shape index (κ2) is 6.39. The number of H-pyrrole nitrogens is 1. The van der Waals surface area contributed by atoms with Gasteiger partial charge in [-0.1, -0.05) is 18.2 Å². The van der Waals surface area contributed by atoms with Crippen LogP contribution in [0.5, 0.6) is 0 Å². The van der Waals surface area contributed by atoms with Gasteiger partial charge in [-0.15, -0.1) is 0 Å². The lowest BCUT2D eigenvalue weighted by Crippen LogP contribution is -2.22. The Hall–Kier alpha value is -3.15. The van der Waals surface area contributed by atoms with Gasteiger partial charge in [-0.25, -0.2) is 4.98 Å². The highest BCUT2D eigenvalue weighted by Crippen LogP contribution is 2.29. The van der Waals surface area contributed by atoms with Crippen molar-refractivity contribution in [2.24, 2.45) is 0 Å². The first-order chi connectivity index (χ1) is 12.2. The summed E-state index contributed by atoms with van der Waals surface area (Å²) in [6.45, 7) is 0.982. The van der Waals surface area contributed by atoms with Crippen molar-refractivity contribution in [1.82, 2.24) is 14.5 Å². The van der Waals surface area contributed by atoms with Crippen molar-refractivity contribution in [2.75, 3.05) is 5.32 Å². The molecule has 1 aliphatic heterocycles. The van der Waals surface area contributed by atoms with E-state index in [4.69, 9.17) is 4.98 Å². The first kappa shape index (κ1) is 15.4. The van der Waals surface area contributed by atoms with Gasteiger partial charge in [0.2, 0.25) is 0 Å². The van der Waals surface area contributed by atoms with Gasteiger partial charge in [0.25, 0.3) is 11.5 Å². The number of aryl methyl sites for hydroxylation is 2. The summed E-state index contributed by atoms with van der Waals surface area (Å²) in [5.41, 5.74) is 2.02. The van der Waals surface area contributed by atoms with Crippen LogP contribution in [-0.2, 0) is 13.0 Å². The highest BCUT2D eigenvalue weighted by atomic mass is 16.2. The van der Waals surface area contributed by atoms with Gasteiger partial charge in [-0.2, -0.15) is 0 Å². The number of nitrogens with one attached hydrogen (secondary N) is 2. The van der Waals surface area contributed by atoms with Crippen LogP contribution < -0.4 is 10.9 Å². The van der Waals surface area contributed by atoms with E-state index in [-0.39, 0.29) is 5.56 Å². The predicted octanol–water partition coefficient (Wildman–Crippen LogP) is 2.83. The molecule has 3 aromatic rings. The normalized spacial score (nSPS) is 13.3. The quantitative estimate of drug-likeness (QED) is 0.773. The Bertz CT molecular complexity index is 963. The van der Waals surface area contributed by atoms with E-state index < -0.39 is 11.5 Å². The zero-order chi connectivity index (χ0) is 17.2. The van der Waals surface area contributed by atoms with Crippen molar-refractivity contribution >= 4 is 11.6 Å². The third-order valence-electron chi connectivity index (χ3n) is 4.42. The summed E-state index contributed by atoms with van der Waals surface area (Å²) < 4.78 is 2.18. The van der Waals surface area contributed by atoms with E-state index in [1.54, 1.807) is 6.07 Å². The number of aromatic amines is 1. The van der Waals surface area contributed by atoms with Gasteiger partial charge in [0.05, 0.1) is 11.4 Å². The first-order valence-electron chi connectivity index (χ1n) is 8.37.